The van der Waals surface area contributed by atoms with Crippen molar-refractivity contribution in [3.05, 3.63) is 72.6 Å². The summed E-state index contributed by atoms with van der Waals surface area (Å²) in [4.78, 5) is 18.5. The van der Waals surface area contributed by atoms with Crippen LogP contribution in [-0.2, 0) is 11.2 Å². The van der Waals surface area contributed by atoms with Crippen LogP contribution in [0.15, 0.2) is 67.0 Å². The summed E-state index contributed by atoms with van der Waals surface area (Å²) >= 11 is 0. The Kier molecular flexibility index (Phi) is 4.34. The lowest BCUT2D eigenvalue weighted by molar-refractivity contribution is -0.137. The molecule has 2 heterocycles. The molecule has 1 aliphatic rings. The number of carbonyl (C=O) groups is 1. The van der Waals surface area contributed by atoms with Gasteiger partial charge in [0, 0.05) is 25.2 Å². The maximum Gasteiger partial charge on any atom is 0.227 e. The minimum atomic E-state index is 0.189. The topological polar surface area (TPSA) is 42.4 Å². The molecule has 0 spiro atoms. The predicted octanol–water partition coefficient (Wildman–Crippen LogP) is 3.31. The molecule has 0 atom stereocenters. The van der Waals surface area contributed by atoms with Gasteiger partial charge in [0.15, 0.2) is 0 Å². The molecule has 4 rings (SSSR count). The third-order valence-corrected chi connectivity index (χ3v) is 4.65. The average molecular weight is 332 g/mol. The zero-order valence-corrected chi connectivity index (χ0v) is 14.0. The molecule has 4 heteroatoms. The fourth-order valence-electron chi connectivity index (χ4n) is 3.25. The number of ether oxygens (including phenoxy) is 1. The standard InChI is InChI=1S/C21H20N2O2/c24-21(11-18-7-3-6-17-5-1-2-9-20(17)18)23-13-16(14-23)15-25-19-8-4-10-22-12-19/h1-10,12,16H,11,13-15H2. The molecule has 4 nitrogen and oxygen atoms in total. The van der Waals surface area contributed by atoms with Crippen LogP contribution >= 0.6 is 0 Å². The van der Waals surface area contributed by atoms with Crippen molar-refractivity contribution in [3.8, 4) is 5.75 Å². The minimum Gasteiger partial charge on any atom is -0.492 e. The molecule has 3 aromatic rings. The van der Waals surface area contributed by atoms with Crippen molar-refractivity contribution in [2.45, 2.75) is 6.42 Å². The van der Waals surface area contributed by atoms with E-state index >= 15 is 0 Å². The van der Waals surface area contributed by atoms with E-state index in [1.165, 1.54) is 5.39 Å². The van der Waals surface area contributed by atoms with E-state index in [-0.39, 0.29) is 5.91 Å². The number of pyridine rings is 1. The van der Waals surface area contributed by atoms with Crippen LogP contribution in [0.25, 0.3) is 10.8 Å². The van der Waals surface area contributed by atoms with Crippen LogP contribution in [0.5, 0.6) is 5.75 Å². The molecule has 1 aromatic heterocycles. The Bertz CT molecular complexity index is 868. The first-order chi connectivity index (χ1) is 12.3. The van der Waals surface area contributed by atoms with E-state index in [1.54, 1.807) is 12.4 Å². The molecule has 0 aliphatic carbocycles. The van der Waals surface area contributed by atoms with Crippen LogP contribution in [0, 0.1) is 5.92 Å². The molecular weight excluding hydrogens is 312 g/mol. The molecule has 1 amide bonds. The second kappa shape index (κ2) is 6.93. The third kappa shape index (κ3) is 3.48. The number of fused-ring (bicyclic) bond motifs is 1. The molecule has 1 aliphatic heterocycles. The summed E-state index contributed by atoms with van der Waals surface area (Å²) in [6.07, 6.45) is 3.89. The third-order valence-electron chi connectivity index (χ3n) is 4.65. The number of aromatic nitrogens is 1. The van der Waals surface area contributed by atoms with Gasteiger partial charge in [-0.25, -0.2) is 0 Å². The van der Waals surface area contributed by atoms with Gasteiger partial charge >= 0.3 is 0 Å². The highest BCUT2D eigenvalue weighted by Gasteiger charge is 2.31. The van der Waals surface area contributed by atoms with Gasteiger partial charge in [-0.15, -0.1) is 0 Å². The Balaban J connectivity index is 1.31. The Hall–Kier alpha value is -2.88. The van der Waals surface area contributed by atoms with Crippen LogP contribution in [-0.4, -0.2) is 35.5 Å². The maximum absolute atomic E-state index is 12.5. The molecule has 0 saturated carbocycles. The number of nitrogens with zero attached hydrogens (tertiary/aromatic N) is 2. The first kappa shape index (κ1) is 15.6. The zero-order chi connectivity index (χ0) is 17.1. The lowest BCUT2D eigenvalue weighted by atomic mass is 9.98. The van der Waals surface area contributed by atoms with Gasteiger partial charge in [0.05, 0.1) is 19.2 Å². The van der Waals surface area contributed by atoms with Crippen LogP contribution < -0.4 is 4.74 Å². The molecule has 0 N–H and O–H groups in total. The molecule has 1 fully saturated rings. The number of likely N-dealkylation sites (tertiary alicyclic amines) is 1. The van der Waals surface area contributed by atoms with Gasteiger partial charge in [0.25, 0.3) is 0 Å². The molecular formula is C21H20N2O2. The van der Waals surface area contributed by atoms with Gasteiger partial charge in [0.1, 0.15) is 5.75 Å². The summed E-state index contributed by atoms with van der Waals surface area (Å²) < 4.78 is 5.71. The molecule has 0 radical (unpaired) electrons. The fourth-order valence-corrected chi connectivity index (χ4v) is 3.25. The molecule has 126 valence electrons. The van der Waals surface area contributed by atoms with Gasteiger partial charge in [-0.3, -0.25) is 9.78 Å². The normalized spacial score (nSPS) is 14.3. The molecule has 0 unspecified atom stereocenters. The first-order valence-electron chi connectivity index (χ1n) is 8.57. The average Bonchev–Trinajstić information content (AvgIpc) is 2.61. The van der Waals surface area contributed by atoms with Gasteiger partial charge < -0.3 is 9.64 Å². The number of carbonyl (C=O) groups excluding carboxylic acids is 1. The van der Waals surface area contributed by atoms with E-state index in [9.17, 15) is 4.79 Å². The minimum absolute atomic E-state index is 0.189. The van der Waals surface area contributed by atoms with Gasteiger partial charge in [-0.1, -0.05) is 42.5 Å². The number of benzene rings is 2. The van der Waals surface area contributed by atoms with Crippen molar-refractivity contribution in [1.82, 2.24) is 9.88 Å². The quantitative estimate of drug-likeness (QED) is 0.720. The van der Waals surface area contributed by atoms with Crippen LogP contribution in [0.1, 0.15) is 5.56 Å². The Labute approximate surface area is 147 Å². The largest absolute Gasteiger partial charge is 0.492 e. The Morgan fingerprint density at radius 1 is 1.08 bits per heavy atom. The summed E-state index contributed by atoms with van der Waals surface area (Å²) in [7, 11) is 0. The van der Waals surface area contributed by atoms with Gasteiger partial charge in [-0.05, 0) is 28.5 Å². The summed E-state index contributed by atoms with van der Waals surface area (Å²) in [6.45, 7) is 2.16. The van der Waals surface area contributed by atoms with Crippen molar-refractivity contribution >= 4 is 16.7 Å². The second-order valence-corrected chi connectivity index (χ2v) is 6.48. The lowest BCUT2D eigenvalue weighted by Gasteiger charge is -2.39. The Morgan fingerprint density at radius 2 is 1.92 bits per heavy atom. The smallest absolute Gasteiger partial charge is 0.227 e. The van der Waals surface area contributed by atoms with Crippen LogP contribution in [0.3, 0.4) is 0 Å². The van der Waals surface area contributed by atoms with E-state index in [4.69, 9.17) is 4.74 Å². The zero-order valence-electron chi connectivity index (χ0n) is 14.0. The number of rotatable bonds is 5. The van der Waals surface area contributed by atoms with E-state index in [1.807, 2.05) is 41.3 Å². The van der Waals surface area contributed by atoms with Crippen molar-refractivity contribution < 1.29 is 9.53 Å². The molecule has 1 saturated heterocycles. The highest BCUT2D eigenvalue weighted by atomic mass is 16.5. The van der Waals surface area contributed by atoms with Crippen molar-refractivity contribution in [1.29, 1.82) is 0 Å². The summed E-state index contributed by atoms with van der Waals surface area (Å²) in [5, 5.41) is 2.34. The van der Waals surface area contributed by atoms with E-state index in [2.05, 4.69) is 23.2 Å². The Morgan fingerprint density at radius 3 is 2.76 bits per heavy atom. The van der Waals surface area contributed by atoms with Gasteiger partial charge in [-0.2, -0.15) is 0 Å². The molecule has 2 aromatic carbocycles. The highest BCUT2D eigenvalue weighted by molar-refractivity contribution is 5.90. The van der Waals surface area contributed by atoms with E-state index in [0.717, 1.165) is 29.8 Å². The molecule has 0 bridgehead atoms. The number of amides is 1. The fraction of sp³-hybridized carbons (Fsp3) is 0.238. The van der Waals surface area contributed by atoms with E-state index < -0.39 is 0 Å². The lowest BCUT2D eigenvalue weighted by Crippen LogP contribution is -2.52. The monoisotopic (exact) mass is 332 g/mol. The van der Waals surface area contributed by atoms with Gasteiger partial charge in [0.2, 0.25) is 5.91 Å². The first-order valence-corrected chi connectivity index (χ1v) is 8.57. The summed E-state index contributed by atoms with van der Waals surface area (Å²) in [5.74, 6) is 1.37. The molecule has 25 heavy (non-hydrogen) atoms. The summed E-state index contributed by atoms with van der Waals surface area (Å²) in [5.41, 5.74) is 1.10. The van der Waals surface area contributed by atoms with Crippen LogP contribution in [0.2, 0.25) is 0 Å². The SMILES string of the molecule is O=C(Cc1cccc2ccccc12)N1CC(COc2cccnc2)C1. The summed E-state index contributed by atoms with van der Waals surface area (Å²) in [6, 6.07) is 18.1. The highest BCUT2D eigenvalue weighted by Crippen LogP contribution is 2.22. The van der Waals surface area contributed by atoms with Crippen molar-refractivity contribution in [3.63, 3.8) is 0 Å². The van der Waals surface area contributed by atoms with Crippen molar-refractivity contribution in [2.24, 2.45) is 5.92 Å². The van der Waals surface area contributed by atoms with Crippen molar-refractivity contribution in [2.75, 3.05) is 19.7 Å². The number of hydrogen-bond donors (Lipinski definition) is 0. The predicted molar refractivity (Wildman–Crippen MR) is 97.5 cm³/mol. The second-order valence-electron chi connectivity index (χ2n) is 6.48. The van der Waals surface area contributed by atoms with Crippen LogP contribution in [0.4, 0.5) is 0 Å². The maximum atomic E-state index is 12.5. The number of hydrogen-bond acceptors (Lipinski definition) is 3. The van der Waals surface area contributed by atoms with E-state index in [0.29, 0.717) is 18.9 Å².